The molecule has 5 aromatic rings. The summed E-state index contributed by atoms with van der Waals surface area (Å²) in [6, 6.07) is 13.6. The number of nitrogens with zero attached hydrogens (tertiary/aromatic N) is 5. The number of amides is 1. The Hall–Kier alpha value is -4.60. The van der Waals surface area contributed by atoms with Gasteiger partial charge < -0.3 is 10.1 Å². The molecule has 0 aliphatic carbocycles. The van der Waals surface area contributed by atoms with Crippen molar-refractivity contribution >= 4 is 17.4 Å². The zero-order chi connectivity index (χ0) is 23.8. The number of imidazole rings is 1. The number of carbonyl (C=O) groups is 1. The minimum absolute atomic E-state index is 0.134. The standard InChI is InChI=1S/C24H18F2N6O2/c1-31-12-18(23(30-31)14-3-5-15(25)6-4-14)20-9-10-22-27-21(13-32(22)29-20)28-24(33)17-8-7-16(34-2)11-19(17)26/h3-13H,1-2H3,(H,28,33). The van der Waals surface area contributed by atoms with Crippen LogP contribution in [0.2, 0.25) is 0 Å². The van der Waals surface area contributed by atoms with Gasteiger partial charge in [0.2, 0.25) is 0 Å². The number of fused-ring (bicyclic) bond motifs is 1. The number of hydrogen-bond acceptors (Lipinski definition) is 5. The highest BCUT2D eigenvalue weighted by Gasteiger charge is 2.17. The average molecular weight is 460 g/mol. The van der Waals surface area contributed by atoms with E-state index in [1.54, 1.807) is 36.0 Å². The molecule has 10 heteroatoms. The van der Waals surface area contributed by atoms with Gasteiger partial charge in [0.25, 0.3) is 5.91 Å². The molecule has 0 aliphatic heterocycles. The third-order valence-electron chi connectivity index (χ3n) is 5.20. The predicted molar refractivity (Wildman–Crippen MR) is 121 cm³/mol. The van der Waals surface area contributed by atoms with Crippen molar-refractivity contribution in [2.75, 3.05) is 12.4 Å². The Labute approximate surface area is 192 Å². The number of anilines is 1. The van der Waals surface area contributed by atoms with Crippen LogP contribution in [-0.2, 0) is 7.05 Å². The van der Waals surface area contributed by atoms with E-state index in [0.717, 1.165) is 17.2 Å². The number of ether oxygens (including phenoxy) is 1. The molecule has 0 aliphatic rings. The summed E-state index contributed by atoms with van der Waals surface area (Å²) in [5, 5.41) is 11.7. The summed E-state index contributed by atoms with van der Waals surface area (Å²) in [7, 11) is 3.21. The molecule has 0 radical (unpaired) electrons. The van der Waals surface area contributed by atoms with Gasteiger partial charge in [0.15, 0.2) is 11.5 Å². The van der Waals surface area contributed by atoms with Crippen molar-refractivity contribution in [2.45, 2.75) is 0 Å². The average Bonchev–Trinajstić information content (AvgIpc) is 3.41. The monoisotopic (exact) mass is 460 g/mol. The Kier molecular flexibility index (Phi) is 5.25. The van der Waals surface area contributed by atoms with E-state index in [2.05, 4.69) is 20.5 Å². The molecule has 5 rings (SSSR count). The Balaban J connectivity index is 1.45. The molecule has 34 heavy (non-hydrogen) atoms. The van der Waals surface area contributed by atoms with Crippen LogP contribution < -0.4 is 10.1 Å². The molecule has 0 bridgehead atoms. The predicted octanol–water partition coefficient (Wildman–Crippen LogP) is 4.34. The third-order valence-corrected chi connectivity index (χ3v) is 5.20. The molecular formula is C24H18F2N6O2. The molecule has 1 N–H and O–H groups in total. The summed E-state index contributed by atoms with van der Waals surface area (Å²) >= 11 is 0. The van der Waals surface area contributed by atoms with Crippen LogP contribution in [0, 0.1) is 11.6 Å². The van der Waals surface area contributed by atoms with Crippen LogP contribution >= 0.6 is 0 Å². The Morgan fingerprint density at radius 1 is 1.00 bits per heavy atom. The second-order valence-corrected chi connectivity index (χ2v) is 7.52. The van der Waals surface area contributed by atoms with E-state index in [1.165, 1.54) is 42.1 Å². The molecule has 0 spiro atoms. The molecule has 0 atom stereocenters. The summed E-state index contributed by atoms with van der Waals surface area (Å²) in [6.07, 6.45) is 3.35. The zero-order valence-corrected chi connectivity index (χ0v) is 18.2. The number of carbonyl (C=O) groups excluding carboxylic acids is 1. The molecule has 0 saturated carbocycles. The topological polar surface area (TPSA) is 86.3 Å². The molecule has 2 aromatic carbocycles. The Morgan fingerprint density at radius 2 is 1.79 bits per heavy atom. The fourth-order valence-electron chi connectivity index (χ4n) is 3.57. The van der Waals surface area contributed by atoms with E-state index in [4.69, 9.17) is 4.74 Å². The number of aromatic nitrogens is 5. The van der Waals surface area contributed by atoms with Crippen molar-refractivity contribution in [3.05, 3.63) is 84.2 Å². The van der Waals surface area contributed by atoms with Gasteiger partial charge in [-0.2, -0.15) is 10.2 Å². The van der Waals surface area contributed by atoms with E-state index in [0.29, 0.717) is 22.8 Å². The number of halogens is 2. The maximum atomic E-state index is 14.2. The van der Waals surface area contributed by atoms with Gasteiger partial charge in [0.05, 0.1) is 24.6 Å². The highest BCUT2D eigenvalue weighted by molar-refractivity contribution is 6.04. The van der Waals surface area contributed by atoms with Crippen molar-refractivity contribution in [1.82, 2.24) is 24.4 Å². The van der Waals surface area contributed by atoms with Crippen molar-refractivity contribution in [2.24, 2.45) is 7.05 Å². The lowest BCUT2D eigenvalue weighted by Gasteiger charge is -2.05. The Bertz CT molecular complexity index is 1520. The zero-order valence-electron chi connectivity index (χ0n) is 18.2. The van der Waals surface area contributed by atoms with Gasteiger partial charge in [-0.25, -0.2) is 18.3 Å². The summed E-state index contributed by atoms with van der Waals surface area (Å²) < 4.78 is 35.7. The van der Waals surface area contributed by atoms with Crippen LogP contribution in [0.15, 0.2) is 67.0 Å². The smallest absolute Gasteiger partial charge is 0.259 e. The first-order chi connectivity index (χ1) is 16.4. The number of aryl methyl sites for hydroxylation is 1. The third kappa shape index (κ3) is 3.96. The molecule has 1 amide bonds. The van der Waals surface area contributed by atoms with Crippen LogP contribution in [0.4, 0.5) is 14.6 Å². The quantitative estimate of drug-likeness (QED) is 0.422. The highest BCUT2D eigenvalue weighted by atomic mass is 19.1. The maximum absolute atomic E-state index is 14.2. The molecule has 8 nitrogen and oxygen atoms in total. The van der Waals surface area contributed by atoms with Crippen molar-refractivity contribution in [3.63, 3.8) is 0 Å². The minimum Gasteiger partial charge on any atom is -0.497 e. The highest BCUT2D eigenvalue weighted by Crippen LogP contribution is 2.30. The van der Waals surface area contributed by atoms with Gasteiger partial charge in [-0.05, 0) is 48.5 Å². The fraction of sp³-hybridized carbons (Fsp3) is 0.0833. The van der Waals surface area contributed by atoms with Gasteiger partial charge in [-0.3, -0.25) is 9.48 Å². The summed E-state index contributed by atoms with van der Waals surface area (Å²) in [5.74, 6) is -1.15. The molecule has 0 fully saturated rings. The number of rotatable bonds is 5. The van der Waals surface area contributed by atoms with E-state index >= 15 is 0 Å². The first-order valence-electron chi connectivity index (χ1n) is 10.2. The van der Waals surface area contributed by atoms with Crippen molar-refractivity contribution in [3.8, 4) is 28.3 Å². The molecule has 0 saturated heterocycles. The van der Waals surface area contributed by atoms with Gasteiger partial charge in [-0.15, -0.1) is 0 Å². The van der Waals surface area contributed by atoms with Crippen LogP contribution in [0.25, 0.3) is 28.2 Å². The summed E-state index contributed by atoms with van der Waals surface area (Å²) in [4.78, 5) is 16.9. The first-order valence-corrected chi connectivity index (χ1v) is 10.2. The lowest BCUT2D eigenvalue weighted by Crippen LogP contribution is -2.14. The lowest BCUT2D eigenvalue weighted by atomic mass is 10.1. The van der Waals surface area contributed by atoms with Gasteiger partial charge >= 0.3 is 0 Å². The van der Waals surface area contributed by atoms with Crippen LogP contribution in [-0.4, -0.2) is 37.4 Å². The number of hydrogen-bond donors (Lipinski definition) is 1. The molecule has 0 unspecified atom stereocenters. The van der Waals surface area contributed by atoms with E-state index < -0.39 is 11.7 Å². The fourth-order valence-corrected chi connectivity index (χ4v) is 3.57. The van der Waals surface area contributed by atoms with Gasteiger partial charge in [0, 0.05) is 30.4 Å². The molecular weight excluding hydrogens is 442 g/mol. The number of nitrogens with one attached hydrogen (secondary N) is 1. The van der Waals surface area contributed by atoms with Gasteiger partial charge in [-0.1, -0.05) is 0 Å². The van der Waals surface area contributed by atoms with E-state index in [1.807, 2.05) is 6.20 Å². The minimum atomic E-state index is -0.703. The normalized spacial score (nSPS) is 11.1. The second-order valence-electron chi connectivity index (χ2n) is 7.52. The Morgan fingerprint density at radius 3 is 2.53 bits per heavy atom. The summed E-state index contributed by atoms with van der Waals surface area (Å²) in [6.45, 7) is 0. The lowest BCUT2D eigenvalue weighted by molar-refractivity contribution is 0.102. The second kappa shape index (κ2) is 8.39. The largest absolute Gasteiger partial charge is 0.497 e. The SMILES string of the molecule is COc1ccc(C(=O)Nc2cn3nc(-c4cn(C)nc4-c4ccc(F)cc4)ccc3n2)c(F)c1. The van der Waals surface area contributed by atoms with Crippen molar-refractivity contribution in [1.29, 1.82) is 0 Å². The van der Waals surface area contributed by atoms with Crippen LogP contribution in [0.3, 0.4) is 0 Å². The first kappa shape index (κ1) is 21.3. The number of methoxy groups -OCH3 is 1. The van der Waals surface area contributed by atoms with E-state index in [-0.39, 0.29) is 17.2 Å². The van der Waals surface area contributed by atoms with Crippen LogP contribution in [0.5, 0.6) is 5.75 Å². The van der Waals surface area contributed by atoms with Crippen molar-refractivity contribution < 1.29 is 18.3 Å². The molecule has 3 heterocycles. The maximum Gasteiger partial charge on any atom is 0.259 e. The van der Waals surface area contributed by atoms with E-state index in [9.17, 15) is 13.6 Å². The molecule has 3 aromatic heterocycles. The van der Waals surface area contributed by atoms with Gasteiger partial charge in [0.1, 0.15) is 23.1 Å². The molecule has 170 valence electrons. The number of benzene rings is 2. The van der Waals surface area contributed by atoms with Crippen LogP contribution in [0.1, 0.15) is 10.4 Å². The summed E-state index contributed by atoms with van der Waals surface area (Å²) in [5.41, 5.74) is 3.11.